The van der Waals surface area contributed by atoms with E-state index >= 15 is 0 Å². The first-order valence-corrected chi connectivity index (χ1v) is 8.51. The first-order valence-electron chi connectivity index (χ1n) is 8.13. The summed E-state index contributed by atoms with van der Waals surface area (Å²) in [6.07, 6.45) is 0. The zero-order chi connectivity index (χ0) is 18.1. The Kier molecular flexibility index (Phi) is 4.22. The molecule has 1 aliphatic heterocycles. The number of rotatable bonds is 3. The largest absolute Gasteiger partial charge is 0.423 e. The van der Waals surface area contributed by atoms with Gasteiger partial charge in [0.1, 0.15) is 6.54 Å². The molecule has 6 heteroatoms. The molecule has 1 amide bonds. The van der Waals surface area contributed by atoms with Crippen LogP contribution in [0.25, 0.3) is 10.8 Å². The van der Waals surface area contributed by atoms with Crippen LogP contribution in [0.15, 0.2) is 60.7 Å². The maximum Gasteiger partial charge on any atom is 0.331 e. The standard InChI is InChI=1S/C20H15ClN2O3/c21-14-8-9-18-17(10-14)23(12-20(25)26-18)11-19(24)22-16-7-3-5-13-4-1-2-6-15(13)16/h1-10H,11-12H2,(H,22,24). The number of nitrogens with one attached hydrogen (secondary N) is 1. The van der Waals surface area contributed by atoms with E-state index in [4.69, 9.17) is 16.3 Å². The van der Waals surface area contributed by atoms with Gasteiger partial charge in [-0.05, 0) is 29.7 Å². The van der Waals surface area contributed by atoms with Crippen LogP contribution in [0.1, 0.15) is 0 Å². The van der Waals surface area contributed by atoms with E-state index in [-0.39, 0.29) is 19.0 Å². The molecule has 1 aliphatic rings. The van der Waals surface area contributed by atoms with Crippen molar-refractivity contribution in [2.75, 3.05) is 23.3 Å². The van der Waals surface area contributed by atoms with E-state index in [1.54, 1.807) is 23.1 Å². The first kappa shape index (κ1) is 16.4. The van der Waals surface area contributed by atoms with Gasteiger partial charge in [-0.25, -0.2) is 4.79 Å². The Morgan fingerprint density at radius 1 is 1.12 bits per heavy atom. The van der Waals surface area contributed by atoms with Crippen molar-refractivity contribution in [1.29, 1.82) is 0 Å². The minimum atomic E-state index is -0.405. The number of fused-ring (bicyclic) bond motifs is 2. The summed E-state index contributed by atoms with van der Waals surface area (Å²) in [5, 5.41) is 5.45. The zero-order valence-electron chi connectivity index (χ0n) is 13.7. The number of nitrogens with zero attached hydrogens (tertiary/aromatic N) is 1. The second-order valence-corrected chi connectivity index (χ2v) is 6.45. The third-order valence-electron chi connectivity index (χ3n) is 4.20. The van der Waals surface area contributed by atoms with E-state index in [2.05, 4.69) is 5.32 Å². The number of hydrogen-bond acceptors (Lipinski definition) is 4. The van der Waals surface area contributed by atoms with Crippen LogP contribution >= 0.6 is 11.6 Å². The Morgan fingerprint density at radius 3 is 2.81 bits per heavy atom. The molecule has 0 spiro atoms. The molecule has 4 rings (SSSR count). The molecule has 5 nitrogen and oxygen atoms in total. The normalized spacial score (nSPS) is 13.3. The highest BCUT2D eigenvalue weighted by Crippen LogP contribution is 2.34. The maximum atomic E-state index is 12.6. The fraction of sp³-hybridized carbons (Fsp3) is 0.100. The second kappa shape index (κ2) is 6.69. The third kappa shape index (κ3) is 3.21. The van der Waals surface area contributed by atoms with Gasteiger partial charge in [0.15, 0.2) is 5.75 Å². The molecule has 0 aromatic heterocycles. The molecule has 0 radical (unpaired) electrons. The lowest BCUT2D eigenvalue weighted by Gasteiger charge is -2.29. The summed E-state index contributed by atoms with van der Waals surface area (Å²) in [6, 6.07) is 18.5. The number of ether oxygens (including phenoxy) is 1. The van der Waals surface area contributed by atoms with Crippen LogP contribution in [-0.2, 0) is 9.59 Å². The van der Waals surface area contributed by atoms with E-state index in [1.807, 2.05) is 42.5 Å². The molecular formula is C20H15ClN2O3. The lowest BCUT2D eigenvalue weighted by molar-refractivity contribution is -0.133. The Bertz CT molecular complexity index is 1010. The lowest BCUT2D eigenvalue weighted by Crippen LogP contribution is -2.41. The Morgan fingerprint density at radius 2 is 1.92 bits per heavy atom. The minimum Gasteiger partial charge on any atom is -0.423 e. The van der Waals surface area contributed by atoms with Gasteiger partial charge in [-0.3, -0.25) is 4.79 Å². The number of amides is 1. The van der Waals surface area contributed by atoms with Gasteiger partial charge in [0.2, 0.25) is 5.91 Å². The van der Waals surface area contributed by atoms with Crippen LogP contribution in [0.4, 0.5) is 11.4 Å². The number of esters is 1. The number of halogens is 1. The summed E-state index contributed by atoms with van der Waals surface area (Å²) in [5.74, 6) is -0.219. The summed E-state index contributed by atoms with van der Waals surface area (Å²) >= 11 is 6.04. The minimum absolute atomic E-state index is 0.00367. The average Bonchev–Trinajstić information content (AvgIpc) is 2.62. The van der Waals surface area contributed by atoms with Crippen molar-refractivity contribution in [2.45, 2.75) is 0 Å². The highest BCUT2D eigenvalue weighted by molar-refractivity contribution is 6.31. The smallest absolute Gasteiger partial charge is 0.331 e. The van der Waals surface area contributed by atoms with Crippen LogP contribution in [0.2, 0.25) is 5.02 Å². The lowest BCUT2D eigenvalue weighted by atomic mass is 10.1. The maximum absolute atomic E-state index is 12.6. The first-order chi connectivity index (χ1) is 12.6. The van der Waals surface area contributed by atoms with E-state index in [1.165, 1.54) is 0 Å². The molecule has 0 fully saturated rings. The Labute approximate surface area is 155 Å². The van der Waals surface area contributed by atoms with Gasteiger partial charge in [-0.2, -0.15) is 0 Å². The van der Waals surface area contributed by atoms with Crippen LogP contribution in [0.5, 0.6) is 5.75 Å². The summed E-state index contributed by atoms with van der Waals surface area (Å²) in [5.41, 5.74) is 1.36. The van der Waals surface area contributed by atoms with Gasteiger partial charge in [-0.15, -0.1) is 0 Å². The number of hydrogen-bond donors (Lipinski definition) is 1. The predicted octanol–water partition coefficient (Wildman–Crippen LogP) is 3.86. The van der Waals surface area contributed by atoms with Crippen molar-refractivity contribution >= 4 is 45.6 Å². The molecule has 0 unspecified atom stereocenters. The molecule has 3 aromatic rings. The monoisotopic (exact) mass is 366 g/mol. The summed E-state index contributed by atoms with van der Waals surface area (Å²) in [4.78, 5) is 26.1. The Balaban J connectivity index is 1.57. The quantitative estimate of drug-likeness (QED) is 0.565. The number of carbonyl (C=O) groups is 2. The van der Waals surface area contributed by atoms with Crippen molar-refractivity contribution in [1.82, 2.24) is 0 Å². The zero-order valence-corrected chi connectivity index (χ0v) is 14.5. The van der Waals surface area contributed by atoms with Crippen molar-refractivity contribution in [3.63, 3.8) is 0 Å². The fourth-order valence-corrected chi connectivity index (χ4v) is 3.22. The number of anilines is 2. The van der Waals surface area contributed by atoms with E-state index in [0.29, 0.717) is 16.5 Å². The summed E-state index contributed by atoms with van der Waals surface area (Å²) < 4.78 is 5.20. The van der Waals surface area contributed by atoms with Crippen LogP contribution in [0, 0.1) is 0 Å². The van der Waals surface area contributed by atoms with Gasteiger partial charge >= 0.3 is 5.97 Å². The van der Waals surface area contributed by atoms with Gasteiger partial charge in [0.25, 0.3) is 0 Å². The topological polar surface area (TPSA) is 58.6 Å². The molecule has 0 saturated heterocycles. The van der Waals surface area contributed by atoms with Gasteiger partial charge < -0.3 is 15.0 Å². The Hall–Kier alpha value is -3.05. The SMILES string of the molecule is O=C(CN1CC(=O)Oc2ccc(Cl)cc21)Nc1cccc2ccccc12. The van der Waals surface area contributed by atoms with Crippen LogP contribution < -0.4 is 15.0 Å². The molecule has 0 saturated carbocycles. The molecular weight excluding hydrogens is 352 g/mol. The highest BCUT2D eigenvalue weighted by Gasteiger charge is 2.26. The second-order valence-electron chi connectivity index (χ2n) is 6.02. The third-order valence-corrected chi connectivity index (χ3v) is 4.44. The molecule has 3 aromatic carbocycles. The van der Waals surface area contributed by atoms with Crippen LogP contribution in [0.3, 0.4) is 0 Å². The molecule has 0 bridgehead atoms. The van der Waals surface area contributed by atoms with Crippen molar-refractivity contribution in [2.24, 2.45) is 0 Å². The van der Waals surface area contributed by atoms with Gasteiger partial charge in [0, 0.05) is 16.1 Å². The molecule has 0 atom stereocenters. The summed E-state index contributed by atoms with van der Waals surface area (Å²) in [7, 11) is 0. The summed E-state index contributed by atoms with van der Waals surface area (Å²) in [6.45, 7) is 0.0158. The fourth-order valence-electron chi connectivity index (χ4n) is 3.06. The highest BCUT2D eigenvalue weighted by atomic mass is 35.5. The average molecular weight is 367 g/mol. The molecule has 130 valence electrons. The predicted molar refractivity (Wildman–Crippen MR) is 102 cm³/mol. The van der Waals surface area contributed by atoms with Crippen molar-refractivity contribution in [3.05, 3.63) is 65.7 Å². The molecule has 1 heterocycles. The van der Waals surface area contributed by atoms with Gasteiger partial charge in [0.05, 0.1) is 12.2 Å². The van der Waals surface area contributed by atoms with E-state index in [0.717, 1.165) is 16.5 Å². The molecule has 0 aliphatic carbocycles. The van der Waals surface area contributed by atoms with Crippen LogP contribution in [-0.4, -0.2) is 25.0 Å². The molecule has 26 heavy (non-hydrogen) atoms. The van der Waals surface area contributed by atoms with Gasteiger partial charge in [-0.1, -0.05) is 48.0 Å². The van der Waals surface area contributed by atoms with Crippen molar-refractivity contribution in [3.8, 4) is 5.75 Å². The van der Waals surface area contributed by atoms with Crippen molar-refractivity contribution < 1.29 is 14.3 Å². The molecule has 1 N–H and O–H groups in total. The number of carbonyl (C=O) groups excluding carboxylic acids is 2. The van der Waals surface area contributed by atoms with E-state index in [9.17, 15) is 9.59 Å². The van der Waals surface area contributed by atoms with E-state index < -0.39 is 5.97 Å². The number of benzene rings is 3.